The third-order valence-corrected chi connectivity index (χ3v) is 8.08. The third kappa shape index (κ3) is 4.24. The van der Waals surface area contributed by atoms with Gasteiger partial charge in [0.1, 0.15) is 0 Å². The Morgan fingerprint density at radius 3 is 2.38 bits per heavy atom. The number of hydrogen-bond acceptors (Lipinski definition) is 8. The molecular formula is C27H20N6O4S2. The standard InChI is InChI=1S/C27H20N6O4S2/c1-2-21(34)25-31-33(17-10-12-18(13-11-17)39(28,36)37)27-30-24-23(26(35)32(25)27)19(16-7-4-3-5-8-16)15-20(29-24)22-9-6-14-38-22/h3-15H,2H2,1H3,(H2,28,36,37). The van der Waals surface area contributed by atoms with Crippen molar-refractivity contribution in [3.05, 3.63) is 94.4 Å². The Kier molecular flexibility index (Phi) is 5.94. The minimum Gasteiger partial charge on any atom is -0.291 e. The molecular weight excluding hydrogens is 536 g/mol. The highest BCUT2D eigenvalue weighted by atomic mass is 32.2. The van der Waals surface area contributed by atoms with Crippen LogP contribution in [0, 0.1) is 0 Å². The molecule has 0 atom stereocenters. The van der Waals surface area contributed by atoms with E-state index >= 15 is 0 Å². The Balaban J connectivity index is 1.72. The molecule has 2 aromatic carbocycles. The monoisotopic (exact) mass is 556 g/mol. The van der Waals surface area contributed by atoms with Crippen LogP contribution in [-0.4, -0.2) is 38.4 Å². The van der Waals surface area contributed by atoms with E-state index in [0.717, 1.165) is 10.4 Å². The highest BCUT2D eigenvalue weighted by Crippen LogP contribution is 2.32. The van der Waals surface area contributed by atoms with Crippen LogP contribution in [0.5, 0.6) is 0 Å². The number of nitrogens with zero attached hydrogens (tertiary/aromatic N) is 5. The molecule has 10 nitrogen and oxygen atoms in total. The van der Waals surface area contributed by atoms with Gasteiger partial charge in [0.05, 0.1) is 26.5 Å². The smallest absolute Gasteiger partial charge is 0.271 e. The zero-order valence-corrected chi connectivity index (χ0v) is 22.1. The second-order valence-corrected chi connectivity index (χ2v) is 11.2. The van der Waals surface area contributed by atoms with Gasteiger partial charge in [-0.25, -0.2) is 22.9 Å². The normalized spacial score (nSPS) is 11.8. The number of carbonyl (C=O) groups excluding carboxylic acids is 1. The maximum absolute atomic E-state index is 14.1. The lowest BCUT2D eigenvalue weighted by Gasteiger charge is -2.10. The zero-order valence-electron chi connectivity index (χ0n) is 20.5. The van der Waals surface area contributed by atoms with Crippen molar-refractivity contribution in [2.75, 3.05) is 0 Å². The summed E-state index contributed by atoms with van der Waals surface area (Å²) in [5, 5.41) is 11.9. The maximum atomic E-state index is 14.1. The van der Waals surface area contributed by atoms with Crippen LogP contribution in [0.1, 0.15) is 24.0 Å². The SMILES string of the molecule is CCC(=O)c1nn(-c2ccc(S(N)(=O)=O)cc2)c2nc3nc(-c4cccs4)cc(-c4ccccc4)c3c(=O)n12. The highest BCUT2D eigenvalue weighted by molar-refractivity contribution is 7.89. The number of pyridine rings is 1. The van der Waals surface area contributed by atoms with Crippen molar-refractivity contribution >= 4 is 44.0 Å². The molecule has 0 aliphatic rings. The molecule has 12 heteroatoms. The van der Waals surface area contributed by atoms with Gasteiger partial charge in [0.15, 0.2) is 11.4 Å². The van der Waals surface area contributed by atoms with Crippen LogP contribution < -0.4 is 10.7 Å². The molecule has 6 rings (SSSR count). The summed E-state index contributed by atoms with van der Waals surface area (Å²) in [6, 6.07) is 20.8. The summed E-state index contributed by atoms with van der Waals surface area (Å²) in [5.74, 6) is -0.362. The van der Waals surface area contributed by atoms with E-state index < -0.39 is 15.6 Å². The number of thiophene rings is 1. The Morgan fingerprint density at radius 1 is 1.00 bits per heavy atom. The fourth-order valence-corrected chi connectivity index (χ4v) is 5.57. The van der Waals surface area contributed by atoms with Crippen molar-refractivity contribution in [3.8, 4) is 27.4 Å². The Morgan fingerprint density at radius 2 is 1.74 bits per heavy atom. The number of sulfonamides is 1. The Bertz CT molecular complexity index is 2050. The van der Waals surface area contributed by atoms with Gasteiger partial charge in [-0.2, -0.15) is 9.67 Å². The van der Waals surface area contributed by atoms with E-state index in [1.807, 2.05) is 53.9 Å². The molecule has 4 heterocycles. The zero-order chi connectivity index (χ0) is 27.3. The molecule has 4 aromatic heterocycles. The van der Waals surface area contributed by atoms with Crippen molar-refractivity contribution in [1.82, 2.24) is 24.1 Å². The van der Waals surface area contributed by atoms with E-state index in [4.69, 9.17) is 15.1 Å². The predicted octanol–water partition coefficient (Wildman–Crippen LogP) is 4.06. The van der Waals surface area contributed by atoms with Crippen LogP contribution in [0.3, 0.4) is 0 Å². The van der Waals surface area contributed by atoms with Gasteiger partial charge in [-0.1, -0.05) is 43.3 Å². The lowest BCUT2D eigenvalue weighted by atomic mass is 10.0. The lowest BCUT2D eigenvalue weighted by Crippen LogP contribution is -2.20. The summed E-state index contributed by atoms with van der Waals surface area (Å²) in [7, 11) is -3.91. The van der Waals surface area contributed by atoms with E-state index in [9.17, 15) is 18.0 Å². The van der Waals surface area contributed by atoms with Gasteiger partial charge < -0.3 is 0 Å². The maximum Gasteiger partial charge on any atom is 0.271 e. The summed E-state index contributed by atoms with van der Waals surface area (Å²) in [6.45, 7) is 1.68. The quantitative estimate of drug-likeness (QED) is 0.305. The fraction of sp³-hybridized carbons (Fsp3) is 0.0741. The molecule has 2 N–H and O–H groups in total. The number of aromatic nitrogens is 5. The average Bonchev–Trinajstić information content (AvgIpc) is 3.61. The summed E-state index contributed by atoms with van der Waals surface area (Å²) >= 11 is 1.52. The Hall–Kier alpha value is -4.52. The van der Waals surface area contributed by atoms with Crippen LogP contribution in [0.25, 0.3) is 44.2 Å². The number of benzene rings is 2. The molecule has 0 saturated heterocycles. The summed E-state index contributed by atoms with van der Waals surface area (Å²) in [4.78, 5) is 37.4. The van der Waals surface area contributed by atoms with E-state index in [1.165, 1.54) is 44.7 Å². The largest absolute Gasteiger partial charge is 0.291 e. The molecule has 0 unspecified atom stereocenters. The summed E-state index contributed by atoms with van der Waals surface area (Å²) < 4.78 is 26.0. The minimum absolute atomic E-state index is 0.0718. The summed E-state index contributed by atoms with van der Waals surface area (Å²) in [5.41, 5.74) is 2.19. The number of primary sulfonamides is 1. The lowest BCUT2D eigenvalue weighted by molar-refractivity contribution is 0.0976. The molecule has 0 aliphatic carbocycles. The third-order valence-electron chi connectivity index (χ3n) is 6.26. The predicted molar refractivity (Wildman–Crippen MR) is 149 cm³/mol. The molecule has 0 fully saturated rings. The van der Waals surface area contributed by atoms with Crippen LogP contribution in [0.15, 0.2) is 87.9 Å². The number of fused-ring (bicyclic) bond motifs is 2. The molecule has 0 aliphatic heterocycles. The van der Waals surface area contributed by atoms with Crippen LogP contribution in [0.4, 0.5) is 0 Å². The van der Waals surface area contributed by atoms with Crippen molar-refractivity contribution in [3.63, 3.8) is 0 Å². The van der Waals surface area contributed by atoms with Crippen molar-refractivity contribution in [2.24, 2.45) is 5.14 Å². The molecule has 194 valence electrons. The molecule has 0 amide bonds. The topological polar surface area (TPSA) is 142 Å². The number of hydrogen-bond donors (Lipinski definition) is 1. The highest BCUT2D eigenvalue weighted by Gasteiger charge is 2.24. The molecule has 0 spiro atoms. The number of carbonyl (C=O) groups is 1. The van der Waals surface area contributed by atoms with Crippen molar-refractivity contribution in [2.45, 2.75) is 18.2 Å². The summed E-state index contributed by atoms with van der Waals surface area (Å²) in [6.07, 6.45) is 0.113. The first-order valence-electron chi connectivity index (χ1n) is 11.9. The van der Waals surface area contributed by atoms with E-state index in [0.29, 0.717) is 16.9 Å². The van der Waals surface area contributed by atoms with Gasteiger partial charge in [0, 0.05) is 12.0 Å². The first kappa shape index (κ1) is 24.8. The van der Waals surface area contributed by atoms with E-state index in [1.54, 1.807) is 6.92 Å². The molecule has 0 radical (unpaired) electrons. The van der Waals surface area contributed by atoms with Crippen molar-refractivity contribution in [1.29, 1.82) is 0 Å². The van der Waals surface area contributed by atoms with Crippen LogP contribution >= 0.6 is 11.3 Å². The average molecular weight is 557 g/mol. The van der Waals surface area contributed by atoms with Gasteiger partial charge in [0.25, 0.3) is 5.56 Å². The van der Waals surface area contributed by atoms with Crippen molar-refractivity contribution < 1.29 is 13.2 Å². The second kappa shape index (κ2) is 9.34. The number of rotatable bonds is 6. The molecule has 6 aromatic rings. The van der Waals surface area contributed by atoms with Gasteiger partial charge in [-0.15, -0.1) is 16.4 Å². The second-order valence-electron chi connectivity index (χ2n) is 8.70. The van der Waals surface area contributed by atoms with Gasteiger partial charge in [-0.05, 0) is 47.3 Å². The van der Waals surface area contributed by atoms with Crippen LogP contribution in [-0.2, 0) is 10.0 Å². The number of Topliss-reactive ketones (excluding diaryl/α,β-unsaturated/α-hetero) is 1. The first-order valence-corrected chi connectivity index (χ1v) is 14.3. The van der Waals surface area contributed by atoms with Gasteiger partial charge >= 0.3 is 0 Å². The number of nitrogens with two attached hydrogens (primary N) is 1. The van der Waals surface area contributed by atoms with E-state index in [-0.39, 0.29) is 39.7 Å². The molecule has 0 bridgehead atoms. The number of ketones is 1. The molecule has 39 heavy (non-hydrogen) atoms. The minimum atomic E-state index is -3.91. The Labute approximate surface area is 226 Å². The molecule has 0 saturated carbocycles. The van der Waals surface area contributed by atoms with Gasteiger partial charge in [0.2, 0.25) is 21.6 Å². The van der Waals surface area contributed by atoms with Gasteiger partial charge in [-0.3, -0.25) is 9.59 Å². The first-order chi connectivity index (χ1) is 18.8. The van der Waals surface area contributed by atoms with Crippen LogP contribution in [0.2, 0.25) is 0 Å². The fourth-order valence-electron chi connectivity index (χ4n) is 4.37. The van der Waals surface area contributed by atoms with E-state index in [2.05, 4.69) is 5.10 Å².